The summed E-state index contributed by atoms with van der Waals surface area (Å²) in [6, 6.07) is 28.7. The summed E-state index contributed by atoms with van der Waals surface area (Å²) < 4.78 is 43.5. The largest absolute Gasteiger partial charge is 0.497 e. The van der Waals surface area contributed by atoms with Crippen LogP contribution in [0.15, 0.2) is 78.9 Å². The minimum absolute atomic E-state index is 0.250. The lowest BCUT2D eigenvalue weighted by molar-refractivity contribution is -0.0347. The lowest BCUT2D eigenvalue weighted by atomic mass is 9.80. The van der Waals surface area contributed by atoms with Gasteiger partial charge in [-0.1, -0.05) is 54.6 Å². The number of ether oxygens (including phenoxy) is 5. The van der Waals surface area contributed by atoms with Crippen LogP contribution in [-0.4, -0.2) is 77.2 Å². The minimum Gasteiger partial charge on any atom is -0.497 e. The third-order valence-electron chi connectivity index (χ3n) is 7.18. The van der Waals surface area contributed by atoms with Gasteiger partial charge in [-0.25, -0.2) is 4.67 Å². The van der Waals surface area contributed by atoms with E-state index in [2.05, 4.69) is 50.6 Å². The van der Waals surface area contributed by atoms with Crippen LogP contribution in [0.5, 0.6) is 11.5 Å². The number of hydrogen-bond acceptors (Lipinski definition) is 9. The second-order valence-corrected chi connectivity index (χ2v) is 12.4. The number of hydrogen-bond donors (Lipinski definition) is 0. The van der Waals surface area contributed by atoms with Crippen LogP contribution in [0, 0.1) is 11.3 Å². The maximum Gasteiger partial charge on any atom is 0.259 e. The fourth-order valence-electron chi connectivity index (χ4n) is 5.14. The van der Waals surface area contributed by atoms with Crippen molar-refractivity contribution in [2.75, 3.05) is 60.5 Å². The normalized spacial score (nSPS) is 12.4. The number of benzene rings is 3. The molecule has 46 heavy (non-hydrogen) atoms. The molecule has 0 fully saturated rings. The molecule has 0 N–H and O–H groups in total. The van der Waals surface area contributed by atoms with E-state index in [1.165, 1.54) is 0 Å². The molecular weight excluding hydrogens is 603 g/mol. The summed E-state index contributed by atoms with van der Waals surface area (Å²) in [6.45, 7) is 11.2. The average molecular weight is 653 g/mol. The van der Waals surface area contributed by atoms with Crippen molar-refractivity contribution >= 4 is 8.53 Å². The van der Waals surface area contributed by atoms with Crippen molar-refractivity contribution in [2.24, 2.45) is 0 Å². The Labute approximate surface area is 276 Å². The molecule has 0 spiro atoms. The maximum absolute atomic E-state index is 8.89. The third kappa shape index (κ3) is 10.8. The van der Waals surface area contributed by atoms with E-state index in [9.17, 15) is 0 Å². The molecule has 1 unspecified atom stereocenters. The SMILES string of the molecule is COc1ccc(C(OCCOCCOCCOP(OCCC#N)N(C(C)C)C(C)C)(c2ccccc2)c2ccc(OC)cc2)cc1. The van der Waals surface area contributed by atoms with Gasteiger partial charge < -0.3 is 32.7 Å². The first-order valence-corrected chi connectivity index (χ1v) is 16.9. The average Bonchev–Trinajstić information content (AvgIpc) is 3.07. The molecule has 0 saturated carbocycles. The third-order valence-corrected chi connectivity index (χ3v) is 9.29. The van der Waals surface area contributed by atoms with Crippen LogP contribution < -0.4 is 9.47 Å². The highest BCUT2D eigenvalue weighted by molar-refractivity contribution is 7.44. The molecule has 9 nitrogen and oxygen atoms in total. The van der Waals surface area contributed by atoms with Crippen LogP contribution in [0.4, 0.5) is 0 Å². The van der Waals surface area contributed by atoms with E-state index in [1.807, 2.05) is 66.7 Å². The Hall–Kier alpha value is -3.06. The molecule has 1 atom stereocenters. The highest BCUT2D eigenvalue weighted by Gasteiger charge is 2.37. The highest BCUT2D eigenvalue weighted by atomic mass is 31.2. The Morgan fingerprint density at radius 3 is 1.57 bits per heavy atom. The fourth-order valence-corrected chi connectivity index (χ4v) is 6.71. The summed E-state index contributed by atoms with van der Waals surface area (Å²) in [6.07, 6.45) is 0.330. The van der Waals surface area contributed by atoms with Gasteiger partial charge in [0.05, 0.1) is 73.0 Å². The molecule has 10 heteroatoms. The van der Waals surface area contributed by atoms with Crippen molar-refractivity contribution in [3.05, 3.63) is 95.6 Å². The van der Waals surface area contributed by atoms with E-state index in [0.29, 0.717) is 52.7 Å². The zero-order valence-corrected chi connectivity index (χ0v) is 28.9. The molecule has 0 aliphatic heterocycles. The molecule has 3 aromatic rings. The van der Waals surface area contributed by atoms with Crippen LogP contribution in [0.2, 0.25) is 0 Å². The van der Waals surface area contributed by atoms with E-state index in [1.54, 1.807) is 14.2 Å². The molecule has 0 aliphatic rings. The fraction of sp³-hybridized carbons (Fsp3) is 0.472. The van der Waals surface area contributed by atoms with Gasteiger partial charge in [-0.05, 0) is 68.7 Å². The van der Waals surface area contributed by atoms with Crippen molar-refractivity contribution < 1.29 is 32.7 Å². The van der Waals surface area contributed by atoms with Crippen LogP contribution in [-0.2, 0) is 28.9 Å². The zero-order valence-electron chi connectivity index (χ0n) is 28.0. The maximum atomic E-state index is 8.89. The number of nitriles is 1. The van der Waals surface area contributed by atoms with E-state index in [-0.39, 0.29) is 12.1 Å². The van der Waals surface area contributed by atoms with Gasteiger partial charge in [-0.2, -0.15) is 5.26 Å². The molecule has 0 radical (unpaired) electrons. The first-order chi connectivity index (χ1) is 22.4. The molecule has 3 rings (SSSR count). The van der Waals surface area contributed by atoms with Crippen molar-refractivity contribution in [1.82, 2.24) is 4.67 Å². The number of nitrogens with zero attached hydrogens (tertiary/aromatic N) is 2. The first kappa shape index (κ1) is 37.4. The zero-order chi connectivity index (χ0) is 33.2. The van der Waals surface area contributed by atoms with E-state index in [0.717, 1.165) is 28.2 Å². The quantitative estimate of drug-likeness (QED) is 0.0628. The second-order valence-electron chi connectivity index (χ2n) is 11.0. The van der Waals surface area contributed by atoms with E-state index >= 15 is 0 Å². The smallest absolute Gasteiger partial charge is 0.259 e. The summed E-state index contributed by atoms with van der Waals surface area (Å²) in [7, 11) is 2.03. The summed E-state index contributed by atoms with van der Waals surface area (Å²) in [5, 5.41) is 8.89. The van der Waals surface area contributed by atoms with Gasteiger partial charge in [-0.3, -0.25) is 0 Å². The predicted octanol–water partition coefficient (Wildman–Crippen LogP) is 7.34. The second kappa shape index (κ2) is 20.2. The van der Waals surface area contributed by atoms with Gasteiger partial charge in [0.2, 0.25) is 0 Å². The molecule has 0 aliphatic carbocycles. The van der Waals surface area contributed by atoms with Gasteiger partial charge in [0.25, 0.3) is 8.53 Å². The Bertz CT molecular complexity index is 1230. The van der Waals surface area contributed by atoms with Crippen LogP contribution >= 0.6 is 8.53 Å². The van der Waals surface area contributed by atoms with Crippen molar-refractivity contribution in [1.29, 1.82) is 5.26 Å². The number of methoxy groups -OCH3 is 2. The summed E-state index contributed by atoms with van der Waals surface area (Å²) in [4.78, 5) is 0. The van der Waals surface area contributed by atoms with E-state index < -0.39 is 14.1 Å². The van der Waals surface area contributed by atoms with Gasteiger partial charge in [0.15, 0.2) is 0 Å². The van der Waals surface area contributed by atoms with Gasteiger partial charge in [0.1, 0.15) is 17.1 Å². The molecule has 0 saturated heterocycles. The van der Waals surface area contributed by atoms with Gasteiger partial charge >= 0.3 is 0 Å². The van der Waals surface area contributed by atoms with E-state index in [4.69, 9.17) is 38.0 Å². The first-order valence-electron chi connectivity index (χ1n) is 15.7. The Morgan fingerprint density at radius 2 is 1.09 bits per heavy atom. The highest BCUT2D eigenvalue weighted by Crippen LogP contribution is 2.46. The lowest BCUT2D eigenvalue weighted by Gasteiger charge is -2.36. The molecule has 3 aromatic carbocycles. The molecule has 0 heterocycles. The van der Waals surface area contributed by atoms with Crippen molar-refractivity contribution in [3.8, 4) is 17.6 Å². The standard InChI is InChI=1S/C36H49N2O7P/c1-29(2)38(30(3)4)46(44-22-10-21-37)45-28-26-42-24-23-41-25-27-43-36(31-11-8-7-9-12-31,32-13-17-34(39-5)18-14-32)33-15-19-35(40-6)20-16-33/h7-9,11-20,29-30H,10,22-28H2,1-6H3. The summed E-state index contributed by atoms with van der Waals surface area (Å²) in [5.41, 5.74) is 2.06. The Morgan fingerprint density at radius 1 is 0.630 bits per heavy atom. The molecule has 0 aromatic heterocycles. The monoisotopic (exact) mass is 652 g/mol. The van der Waals surface area contributed by atoms with Gasteiger partial charge in [-0.15, -0.1) is 0 Å². The topological polar surface area (TPSA) is 91.6 Å². The van der Waals surface area contributed by atoms with Crippen LogP contribution in [0.1, 0.15) is 50.8 Å². The van der Waals surface area contributed by atoms with Crippen molar-refractivity contribution in [3.63, 3.8) is 0 Å². The summed E-state index contributed by atoms with van der Waals surface area (Å²) in [5.74, 6) is 1.55. The van der Waals surface area contributed by atoms with Gasteiger partial charge in [0, 0.05) is 12.1 Å². The van der Waals surface area contributed by atoms with Crippen LogP contribution in [0.3, 0.4) is 0 Å². The molecule has 250 valence electrons. The van der Waals surface area contributed by atoms with Crippen molar-refractivity contribution in [2.45, 2.75) is 51.8 Å². The molecule has 0 bridgehead atoms. The summed E-state index contributed by atoms with van der Waals surface area (Å²) >= 11 is 0. The lowest BCUT2D eigenvalue weighted by Crippen LogP contribution is -2.34. The molecule has 0 amide bonds. The molecular formula is C36H49N2O7P. The predicted molar refractivity (Wildman–Crippen MR) is 181 cm³/mol. The van der Waals surface area contributed by atoms with Crippen LogP contribution in [0.25, 0.3) is 0 Å². The minimum atomic E-state index is -1.28. The Balaban J connectivity index is 1.58. The number of rotatable bonds is 22. The Kier molecular flexibility index (Phi) is 16.5.